The summed E-state index contributed by atoms with van der Waals surface area (Å²) >= 11 is 0. The molecule has 3 heteroatoms. The predicted octanol–water partition coefficient (Wildman–Crippen LogP) is 1.83. The van der Waals surface area contributed by atoms with Gasteiger partial charge in [-0.1, -0.05) is 18.2 Å². The molecular weight excluding hydrogens is 198 g/mol. The van der Waals surface area contributed by atoms with Crippen molar-refractivity contribution in [3.8, 4) is 0 Å². The van der Waals surface area contributed by atoms with E-state index in [9.17, 15) is 0 Å². The first kappa shape index (κ1) is 9.97. The lowest BCUT2D eigenvalue weighted by Gasteiger charge is -2.09. The van der Waals surface area contributed by atoms with Crippen LogP contribution in [-0.2, 0) is 17.8 Å². The van der Waals surface area contributed by atoms with Crippen molar-refractivity contribution in [1.82, 2.24) is 5.32 Å². The van der Waals surface area contributed by atoms with Crippen LogP contribution in [0.15, 0.2) is 18.2 Å². The Labute approximate surface area is 90.1 Å². The highest BCUT2D eigenvalue weighted by molar-refractivity contribution is 5.85. The van der Waals surface area contributed by atoms with E-state index in [0.717, 1.165) is 26.1 Å². The average molecular weight is 212 g/mol. The van der Waals surface area contributed by atoms with Crippen molar-refractivity contribution in [3.63, 3.8) is 0 Å². The molecule has 0 spiro atoms. The molecule has 1 atom stereocenters. The van der Waals surface area contributed by atoms with E-state index in [4.69, 9.17) is 4.74 Å². The summed E-state index contributed by atoms with van der Waals surface area (Å²) in [6.07, 6.45) is 1.46. The topological polar surface area (TPSA) is 21.3 Å². The third-order valence-corrected chi connectivity index (χ3v) is 2.95. The highest BCUT2D eigenvalue weighted by Gasteiger charge is 2.26. The molecule has 0 aliphatic carbocycles. The summed E-state index contributed by atoms with van der Waals surface area (Å²) in [5, 5.41) is 3.40. The van der Waals surface area contributed by atoms with Gasteiger partial charge in [0.1, 0.15) is 0 Å². The standard InChI is InChI=1S/C11H13NO.ClH/c1-2-8-4-5-12-6-10-11(8)9(3-1)7-13-10;/h1-3,10,12H,4-7H2;1H. The molecule has 0 bridgehead atoms. The van der Waals surface area contributed by atoms with Crippen molar-refractivity contribution < 1.29 is 4.74 Å². The van der Waals surface area contributed by atoms with Crippen LogP contribution in [0.2, 0.25) is 0 Å². The van der Waals surface area contributed by atoms with E-state index >= 15 is 0 Å². The van der Waals surface area contributed by atoms with E-state index in [1.165, 1.54) is 16.7 Å². The van der Waals surface area contributed by atoms with Crippen LogP contribution in [0.4, 0.5) is 0 Å². The van der Waals surface area contributed by atoms with Crippen molar-refractivity contribution in [1.29, 1.82) is 0 Å². The van der Waals surface area contributed by atoms with Gasteiger partial charge in [-0.05, 0) is 29.7 Å². The second kappa shape index (κ2) is 3.89. The van der Waals surface area contributed by atoms with Gasteiger partial charge in [0.15, 0.2) is 0 Å². The maximum atomic E-state index is 5.72. The first-order valence-electron chi connectivity index (χ1n) is 4.88. The zero-order chi connectivity index (χ0) is 8.67. The summed E-state index contributed by atoms with van der Waals surface area (Å²) in [6.45, 7) is 2.86. The molecule has 76 valence electrons. The molecule has 2 aliphatic rings. The maximum Gasteiger partial charge on any atom is 0.0959 e. The molecule has 14 heavy (non-hydrogen) atoms. The number of nitrogens with one attached hydrogen (secondary N) is 1. The Hall–Kier alpha value is -0.570. The summed E-state index contributed by atoms with van der Waals surface area (Å²) in [5.41, 5.74) is 4.34. The first-order valence-corrected chi connectivity index (χ1v) is 4.88. The molecular formula is C11H14ClNO. The molecule has 3 rings (SSSR count). The molecule has 1 aromatic carbocycles. The van der Waals surface area contributed by atoms with Gasteiger partial charge >= 0.3 is 0 Å². The predicted molar refractivity (Wildman–Crippen MR) is 57.8 cm³/mol. The van der Waals surface area contributed by atoms with Crippen molar-refractivity contribution in [2.45, 2.75) is 19.1 Å². The minimum absolute atomic E-state index is 0. The van der Waals surface area contributed by atoms with E-state index < -0.39 is 0 Å². The molecule has 0 radical (unpaired) electrons. The van der Waals surface area contributed by atoms with Gasteiger partial charge in [-0.25, -0.2) is 0 Å². The van der Waals surface area contributed by atoms with Gasteiger partial charge in [-0.15, -0.1) is 12.4 Å². The highest BCUT2D eigenvalue weighted by atomic mass is 35.5. The first-order chi connectivity index (χ1) is 6.45. The second-order valence-corrected chi connectivity index (χ2v) is 3.74. The number of hydrogen-bond donors (Lipinski definition) is 1. The number of rotatable bonds is 0. The van der Waals surface area contributed by atoms with Crippen LogP contribution in [0.3, 0.4) is 0 Å². The number of halogens is 1. The van der Waals surface area contributed by atoms with Crippen LogP contribution in [0.25, 0.3) is 0 Å². The van der Waals surface area contributed by atoms with Gasteiger partial charge in [0.05, 0.1) is 12.7 Å². The van der Waals surface area contributed by atoms with E-state index in [0.29, 0.717) is 6.10 Å². The Morgan fingerprint density at radius 1 is 1.29 bits per heavy atom. The van der Waals surface area contributed by atoms with E-state index in [1.807, 2.05) is 0 Å². The summed E-state index contributed by atoms with van der Waals surface area (Å²) in [7, 11) is 0. The summed E-state index contributed by atoms with van der Waals surface area (Å²) in [6, 6.07) is 6.56. The van der Waals surface area contributed by atoms with Crippen molar-refractivity contribution in [3.05, 3.63) is 34.9 Å². The monoisotopic (exact) mass is 211 g/mol. The highest BCUT2D eigenvalue weighted by Crippen LogP contribution is 2.34. The van der Waals surface area contributed by atoms with E-state index in [1.54, 1.807) is 0 Å². The largest absolute Gasteiger partial charge is 0.367 e. The molecule has 0 fully saturated rings. The Morgan fingerprint density at radius 2 is 2.14 bits per heavy atom. The molecule has 0 saturated carbocycles. The van der Waals surface area contributed by atoms with E-state index in [-0.39, 0.29) is 12.4 Å². The molecule has 1 aromatic rings. The summed E-state index contributed by atoms with van der Waals surface area (Å²) < 4.78 is 5.72. The Balaban J connectivity index is 0.000000750. The van der Waals surface area contributed by atoms with Crippen LogP contribution in [-0.4, -0.2) is 13.1 Å². The smallest absolute Gasteiger partial charge is 0.0959 e. The van der Waals surface area contributed by atoms with Gasteiger partial charge in [0, 0.05) is 6.54 Å². The van der Waals surface area contributed by atoms with Gasteiger partial charge in [-0.2, -0.15) is 0 Å². The number of ether oxygens (including phenoxy) is 1. The molecule has 0 saturated heterocycles. The molecule has 2 aliphatic heterocycles. The summed E-state index contributed by atoms with van der Waals surface area (Å²) in [4.78, 5) is 0. The van der Waals surface area contributed by atoms with Crippen molar-refractivity contribution >= 4 is 12.4 Å². The third-order valence-electron chi connectivity index (χ3n) is 2.95. The minimum Gasteiger partial charge on any atom is -0.367 e. The molecule has 0 amide bonds. The Bertz CT molecular complexity index is 340. The summed E-state index contributed by atoms with van der Waals surface area (Å²) in [5.74, 6) is 0. The SMILES string of the molecule is Cl.c1cc2c3c(c1)COC3CNCC2. The Morgan fingerprint density at radius 3 is 3.07 bits per heavy atom. The molecule has 2 heterocycles. The lowest BCUT2D eigenvalue weighted by Crippen LogP contribution is -2.19. The second-order valence-electron chi connectivity index (χ2n) is 3.74. The van der Waals surface area contributed by atoms with E-state index in [2.05, 4.69) is 23.5 Å². The van der Waals surface area contributed by atoms with Gasteiger partial charge in [0.25, 0.3) is 0 Å². The molecule has 1 unspecified atom stereocenters. The maximum absolute atomic E-state index is 5.72. The zero-order valence-corrected chi connectivity index (χ0v) is 8.77. The van der Waals surface area contributed by atoms with Crippen molar-refractivity contribution in [2.75, 3.05) is 13.1 Å². The lowest BCUT2D eigenvalue weighted by molar-refractivity contribution is 0.0674. The van der Waals surface area contributed by atoms with Crippen LogP contribution in [0.5, 0.6) is 0 Å². The fourth-order valence-corrected chi connectivity index (χ4v) is 2.31. The third kappa shape index (κ3) is 1.44. The minimum atomic E-state index is 0. The quantitative estimate of drug-likeness (QED) is 0.707. The fourth-order valence-electron chi connectivity index (χ4n) is 2.31. The Kier molecular flexibility index (Phi) is 2.77. The van der Waals surface area contributed by atoms with Crippen LogP contribution < -0.4 is 5.32 Å². The number of hydrogen-bond acceptors (Lipinski definition) is 2. The normalized spacial score (nSPS) is 23.6. The molecule has 2 nitrogen and oxygen atoms in total. The molecule has 0 aromatic heterocycles. The van der Waals surface area contributed by atoms with Gasteiger partial charge < -0.3 is 10.1 Å². The lowest BCUT2D eigenvalue weighted by atomic mass is 9.98. The van der Waals surface area contributed by atoms with Crippen molar-refractivity contribution in [2.24, 2.45) is 0 Å². The average Bonchev–Trinajstić information content (AvgIpc) is 2.44. The zero-order valence-electron chi connectivity index (χ0n) is 7.95. The van der Waals surface area contributed by atoms with Gasteiger partial charge in [0.2, 0.25) is 0 Å². The fraction of sp³-hybridized carbons (Fsp3) is 0.455. The number of benzene rings is 1. The van der Waals surface area contributed by atoms with Crippen LogP contribution >= 0.6 is 12.4 Å². The molecule has 1 N–H and O–H groups in total. The van der Waals surface area contributed by atoms with Crippen LogP contribution in [0, 0.1) is 0 Å². The van der Waals surface area contributed by atoms with Crippen LogP contribution in [0.1, 0.15) is 22.8 Å². The van der Waals surface area contributed by atoms with Gasteiger partial charge in [-0.3, -0.25) is 0 Å².